The van der Waals surface area contributed by atoms with Gasteiger partial charge in [0.2, 0.25) is 0 Å². The molecular formula is C12H17NO. The average Bonchev–Trinajstić information content (AvgIpc) is 2.70. The molecule has 0 aliphatic carbocycles. The number of hydrogen-bond acceptors (Lipinski definition) is 2. The lowest BCUT2D eigenvalue weighted by molar-refractivity contribution is 0.281. The van der Waals surface area contributed by atoms with Gasteiger partial charge in [0.15, 0.2) is 0 Å². The Morgan fingerprint density at radius 2 is 2.00 bits per heavy atom. The Bertz CT molecular complexity index is 316. The van der Waals surface area contributed by atoms with Gasteiger partial charge in [-0.2, -0.15) is 0 Å². The van der Waals surface area contributed by atoms with Gasteiger partial charge in [-0.3, -0.25) is 0 Å². The van der Waals surface area contributed by atoms with Crippen LogP contribution in [0, 0.1) is 6.92 Å². The number of aliphatic hydroxyl groups is 1. The number of aliphatic hydroxyl groups excluding tert-OH is 1. The maximum Gasteiger partial charge on any atom is 0.0684 e. The zero-order chi connectivity index (χ0) is 9.97. The largest absolute Gasteiger partial charge is 0.392 e. The van der Waals surface area contributed by atoms with Crippen molar-refractivity contribution in [3.63, 3.8) is 0 Å². The summed E-state index contributed by atoms with van der Waals surface area (Å²) in [6.07, 6.45) is 2.61. The molecule has 1 fully saturated rings. The van der Waals surface area contributed by atoms with Crippen LogP contribution < -0.4 is 4.90 Å². The molecule has 0 saturated carbocycles. The van der Waals surface area contributed by atoms with E-state index in [-0.39, 0.29) is 6.61 Å². The van der Waals surface area contributed by atoms with Crippen LogP contribution in [0.5, 0.6) is 0 Å². The maximum atomic E-state index is 9.06. The minimum absolute atomic E-state index is 0.145. The maximum absolute atomic E-state index is 9.06. The Balaban J connectivity index is 2.23. The van der Waals surface area contributed by atoms with Gasteiger partial charge in [-0.1, -0.05) is 6.07 Å². The van der Waals surface area contributed by atoms with Crippen LogP contribution in [-0.4, -0.2) is 18.2 Å². The summed E-state index contributed by atoms with van der Waals surface area (Å²) in [4.78, 5) is 2.41. The van der Waals surface area contributed by atoms with Gasteiger partial charge in [0.1, 0.15) is 0 Å². The molecular weight excluding hydrogens is 174 g/mol. The van der Waals surface area contributed by atoms with E-state index in [1.165, 1.54) is 37.2 Å². The van der Waals surface area contributed by atoms with Crippen LogP contribution >= 0.6 is 0 Å². The van der Waals surface area contributed by atoms with Gasteiger partial charge in [0.25, 0.3) is 0 Å². The first-order chi connectivity index (χ1) is 6.81. The lowest BCUT2D eigenvalue weighted by Gasteiger charge is -2.18. The van der Waals surface area contributed by atoms with Crippen LogP contribution in [0.2, 0.25) is 0 Å². The molecule has 2 nitrogen and oxygen atoms in total. The van der Waals surface area contributed by atoms with Gasteiger partial charge >= 0.3 is 0 Å². The summed E-state index contributed by atoms with van der Waals surface area (Å²) in [5, 5.41) is 9.06. The van der Waals surface area contributed by atoms with E-state index in [4.69, 9.17) is 5.11 Å². The third kappa shape index (κ3) is 1.75. The first-order valence-corrected chi connectivity index (χ1v) is 5.26. The van der Waals surface area contributed by atoms with Crippen molar-refractivity contribution in [2.24, 2.45) is 0 Å². The van der Waals surface area contributed by atoms with Gasteiger partial charge in [-0.05, 0) is 43.0 Å². The minimum atomic E-state index is 0.145. The first kappa shape index (κ1) is 9.53. The normalized spacial score (nSPS) is 16.3. The van der Waals surface area contributed by atoms with Crippen LogP contribution in [0.3, 0.4) is 0 Å². The van der Waals surface area contributed by atoms with E-state index >= 15 is 0 Å². The van der Waals surface area contributed by atoms with Gasteiger partial charge in [-0.25, -0.2) is 0 Å². The van der Waals surface area contributed by atoms with Crippen molar-refractivity contribution in [3.8, 4) is 0 Å². The molecule has 0 unspecified atom stereocenters. The Labute approximate surface area is 85.2 Å². The first-order valence-electron chi connectivity index (χ1n) is 5.26. The average molecular weight is 191 g/mol. The van der Waals surface area contributed by atoms with Crippen molar-refractivity contribution >= 4 is 5.69 Å². The van der Waals surface area contributed by atoms with Gasteiger partial charge in [0.05, 0.1) is 6.61 Å². The highest BCUT2D eigenvalue weighted by atomic mass is 16.3. The Morgan fingerprint density at radius 3 is 2.57 bits per heavy atom. The van der Waals surface area contributed by atoms with Crippen molar-refractivity contribution in [3.05, 3.63) is 29.3 Å². The third-order valence-corrected chi connectivity index (χ3v) is 2.97. The van der Waals surface area contributed by atoms with E-state index in [2.05, 4.69) is 24.0 Å². The zero-order valence-electron chi connectivity index (χ0n) is 8.66. The van der Waals surface area contributed by atoms with E-state index in [1.807, 2.05) is 6.07 Å². The second kappa shape index (κ2) is 4.01. The molecule has 2 rings (SSSR count). The number of aryl methyl sites for hydroxylation is 1. The summed E-state index contributed by atoms with van der Waals surface area (Å²) in [6, 6.07) is 6.32. The van der Waals surface area contributed by atoms with Crippen molar-refractivity contribution in [1.82, 2.24) is 0 Å². The summed E-state index contributed by atoms with van der Waals surface area (Å²) in [5.41, 5.74) is 3.53. The fourth-order valence-corrected chi connectivity index (χ4v) is 2.03. The zero-order valence-corrected chi connectivity index (χ0v) is 8.66. The third-order valence-electron chi connectivity index (χ3n) is 2.97. The molecule has 1 aromatic rings. The van der Waals surface area contributed by atoms with Crippen molar-refractivity contribution in [1.29, 1.82) is 0 Å². The quantitative estimate of drug-likeness (QED) is 0.773. The number of nitrogens with zero attached hydrogens (tertiary/aromatic N) is 1. The fraction of sp³-hybridized carbons (Fsp3) is 0.500. The molecule has 0 radical (unpaired) electrons. The number of rotatable bonds is 2. The predicted molar refractivity (Wildman–Crippen MR) is 58.5 cm³/mol. The lowest BCUT2D eigenvalue weighted by Crippen LogP contribution is -2.17. The molecule has 0 spiro atoms. The highest BCUT2D eigenvalue weighted by Crippen LogP contribution is 2.22. The van der Waals surface area contributed by atoms with Crippen molar-refractivity contribution < 1.29 is 5.11 Å². The highest BCUT2D eigenvalue weighted by molar-refractivity contribution is 5.51. The van der Waals surface area contributed by atoms with E-state index in [9.17, 15) is 0 Å². The van der Waals surface area contributed by atoms with Gasteiger partial charge in [-0.15, -0.1) is 0 Å². The molecule has 1 heterocycles. The van der Waals surface area contributed by atoms with Crippen molar-refractivity contribution in [2.45, 2.75) is 26.4 Å². The van der Waals surface area contributed by atoms with Crippen molar-refractivity contribution in [2.75, 3.05) is 18.0 Å². The smallest absolute Gasteiger partial charge is 0.0684 e. The summed E-state index contributed by atoms with van der Waals surface area (Å²) in [7, 11) is 0. The highest BCUT2D eigenvalue weighted by Gasteiger charge is 2.12. The Kier molecular flexibility index (Phi) is 2.73. The monoisotopic (exact) mass is 191 g/mol. The minimum Gasteiger partial charge on any atom is -0.392 e. The van der Waals surface area contributed by atoms with Crippen LogP contribution in [-0.2, 0) is 6.61 Å². The standard InChI is InChI=1S/C12H17NO/c1-10-8-12(5-4-11(10)9-14)13-6-2-3-7-13/h4-5,8,14H,2-3,6-7,9H2,1H3. The van der Waals surface area contributed by atoms with E-state index in [0.717, 1.165) is 5.56 Å². The number of benzene rings is 1. The Morgan fingerprint density at radius 1 is 1.29 bits per heavy atom. The summed E-state index contributed by atoms with van der Waals surface area (Å²) < 4.78 is 0. The summed E-state index contributed by atoms with van der Waals surface area (Å²) in [6.45, 7) is 4.56. The molecule has 0 amide bonds. The van der Waals surface area contributed by atoms with Crippen LogP contribution in [0.25, 0.3) is 0 Å². The number of hydrogen-bond donors (Lipinski definition) is 1. The second-order valence-corrected chi connectivity index (χ2v) is 3.96. The lowest BCUT2D eigenvalue weighted by atomic mass is 10.1. The molecule has 76 valence electrons. The molecule has 2 heteroatoms. The van der Waals surface area contributed by atoms with Crippen LogP contribution in [0.15, 0.2) is 18.2 Å². The molecule has 14 heavy (non-hydrogen) atoms. The predicted octanol–water partition coefficient (Wildman–Crippen LogP) is 2.09. The van der Waals surface area contributed by atoms with Crippen LogP contribution in [0.1, 0.15) is 24.0 Å². The van der Waals surface area contributed by atoms with E-state index in [0.29, 0.717) is 0 Å². The molecule has 0 aromatic heterocycles. The molecule has 1 aliphatic rings. The summed E-state index contributed by atoms with van der Waals surface area (Å²) in [5.74, 6) is 0. The Hall–Kier alpha value is -1.02. The molecule has 1 aromatic carbocycles. The van der Waals surface area contributed by atoms with E-state index < -0.39 is 0 Å². The number of anilines is 1. The molecule has 1 saturated heterocycles. The molecule has 0 bridgehead atoms. The van der Waals surface area contributed by atoms with Crippen LogP contribution in [0.4, 0.5) is 5.69 Å². The SMILES string of the molecule is Cc1cc(N2CCCC2)ccc1CO. The van der Waals surface area contributed by atoms with E-state index in [1.54, 1.807) is 0 Å². The molecule has 1 aliphatic heterocycles. The fourth-order valence-electron chi connectivity index (χ4n) is 2.03. The topological polar surface area (TPSA) is 23.5 Å². The second-order valence-electron chi connectivity index (χ2n) is 3.96. The van der Waals surface area contributed by atoms with Gasteiger partial charge in [0, 0.05) is 18.8 Å². The summed E-state index contributed by atoms with van der Waals surface area (Å²) >= 11 is 0. The molecule has 0 atom stereocenters. The van der Waals surface area contributed by atoms with Gasteiger partial charge < -0.3 is 10.0 Å². The molecule has 1 N–H and O–H groups in total.